The smallest absolute Gasteiger partial charge is 0.271 e. The minimum atomic E-state index is -1.31. The van der Waals surface area contributed by atoms with Gasteiger partial charge in [0.1, 0.15) is 11.4 Å². The van der Waals surface area contributed by atoms with Crippen molar-refractivity contribution in [2.75, 3.05) is 6.54 Å². The van der Waals surface area contributed by atoms with Gasteiger partial charge in [0.15, 0.2) is 5.69 Å². The second-order valence-electron chi connectivity index (χ2n) is 5.94. The Labute approximate surface area is 144 Å². The predicted octanol–water partition coefficient (Wildman–Crippen LogP) is 2.65. The highest BCUT2D eigenvalue weighted by atomic mass is 19.1. The number of benzene rings is 2. The number of carbonyl (C=O) groups is 1. The average molecular weight is 339 g/mol. The quantitative estimate of drug-likeness (QED) is 0.751. The Morgan fingerprint density at radius 2 is 1.84 bits per heavy atom. The molecular formula is C19H18FN3O2. The van der Waals surface area contributed by atoms with Gasteiger partial charge in [0.05, 0.1) is 12.2 Å². The van der Waals surface area contributed by atoms with E-state index in [2.05, 4.69) is 10.4 Å². The van der Waals surface area contributed by atoms with Gasteiger partial charge in [-0.05, 0) is 42.8 Å². The monoisotopic (exact) mass is 339 g/mol. The van der Waals surface area contributed by atoms with Gasteiger partial charge in [0, 0.05) is 6.20 Å². The highest BCUT2D eigenvalue weighted by molar-refractivity contribution is 5.92. The molecule has 0 aliphatic rings. The van der Waals surface area contributed by atoms with Gasteiger partial charge >= 0.3 is 0 Å². The van der Waals surface area contributed by atoms with Crippen LogP contribution in [-0.2, 0) is 5.60 Å². The van der Waals surface area contributed by atoms with Gasteiger partial charge in [-0.2, -0.15) is 5.10 Å². The molecule has 0 spiro atoms. The second kappa shape index (κ2) is 6.86. The fourth-order valence-corrected chi connectivity index (χ4v) is 2.42. The summed E-state index contributed by atoms with van der Waals surface area (Å²) in [5.74, 6) is -0.771. The van der Waals surface area contributed by atoms with Crippen molar-refractivity contribution in [3.8, 4) is 5.69 Å². The number of nitrogens with zero attached hydrogens (tertiary/aromatic N) is 2. The van der Waals surface area contributed by atoms with E-state index in [-0.39, 0.29) is 18.1 Å². The van der Waals surface area contributed by atoms with Crippen LogP contribution in [0.25, 0.3) is 5.69 Å². The van der Waals surface area contributed by atoms with Crippen molar-refractivity contribution in [2.24, 2.45) is 0 Å². The van der Waals surface area contributed by atoms with Crippen LogP contribution in [0.5, 0.6) is 0 Å². The van der Waals surface area contributed by atoms with Crippen molar-refractivity contribution in [3.63, 3.8) is 0 Å². The standard InChI is InChI=1S/C19H18FN3O2/c1-19(25,14-7-9-15(20)10-8-14)13-21-18(24)17-11-12-23(22-17)16-5-3-2-4-6-16/h2-12,25H,13H2,1H3,(H,21,24). The fourth-order valence-electron chi connectivity index (χ4n) is 2.42. The molecule has 1 atom stereocenters. The lowest BCUT2D eigenvalue weighted by molar-refractivity contribution is 0.0524. The Hall–Kier alpha value is -2.99. The summed E-state index contributed by atoms with van der Waals surface area (Å²) >= 11 is 0. The van der Waals surface area contributed by atoms with Crippen LogP contribution in [0.4, 0.5) is 4.39 Å². The van der Waals surface area contributed by atoms with Crippen LogP contribution in [-0.4, -0.2) is 27.3 Å². The van der Waals surface area contributed by atoms with Crippen LogP contribution in [0.3, 0.4) is 0 Å². The summed E-state index contributed by atoms with van der Waals surface area (Å²) in [6.45, 7) is 1.54. The van der Waals surface area contributed by atoms with Gasteiger partial charge in [-0.15, -0.1) is 0 Å². The Balaban J connectivity index is 1.66. The third-order valence-electron chi connectivity index (χ3n) is 3.90. The lowest BCUT2D eigenvalue weighted by Crippen LogP contribution is -2.38. The molecule has 6 heteroatoms. The molecule has 1 heterocycles. The highest BCUT2D eigenvalue weighted by Gasteiger charge is 2.24. The van der Waals surface area contributed by atoms with Gasteiger partial charge in [0.25, 0.3) is 5.91 Å². The van der Waals surface area contributed by atoms with Gasteiger partial charge in [-0.1, -0.05) is 30.3 Å². The van der Waals surface area contributed by atoms with E-state index in [0.29, 0.717) is 5.56 Å². The first-order valence-electron chi connectivity index (χ1n) is 7.83. The minimum absolute atomic E-state index is 0.0182. The average Bonchev–Trinajstić information content (AvgIpc) is 3.11. The summed E-state index contributed by atoms with van der Waals surface area (Å²) < 4.78 is 14.6. The van der Waals surface area contributed by atoms with Crippen molar-refractivity contribution < 1.29 is 14.3 Å². The third-order valence-corrected chi connectivity index (χ3v) is 3.90. The van der Waals surface area contributed by atoms with Crippen LogP contribution >= 0.6 is 0 Å². The molecule has 0 saturated carbocycles. The number of hydrogen-bond donors (Lipinski definition) is 2. The Morgan fingerprint density at radius 1 is 1.16 bits per heavy atom. The maximum atomic E-state index is 13.0. The first-order chi connectivity index (χ1) is 12.0. The van der Waals surface area contributed by atoms with E-state index in [0.717, 1.165) is 5.69 Å². The number of halogens is 1. The van der Waals surface area contributed by atoms with Crippen LogP contribution < -0.4 is 5.32 Å². The molecular weight excluding hydrogens is 321 g/mol. The van der Waals surface area contributed by atoms with Gasteiger partial charge < -0.3 is 10.4 Å². The number of rotatable bonds is 5. The summed E-state index contributed by atoms with van der Waals surface area (Å²) in [4.78, 5) is 12.3. The van der Waals surface area contributed by atoms with Crippen molar-refractivity contribution in [3.05, 3.63) is 83.9 Å². The fraction of sp³-hybridized carbons (Fsp3) is 0.158. The van der Waals surface area contributed by atoms with E-state index < -0.39 is 11.5 Å². The van der Waals surface area contributed by atoms with Gasteiger partial charge in [-0.3, -0.25) is 4.79 Å². The molecule has 25 heavy (non-hydrogen) atoms. The molecule has 1 amide bonds. The normalized spacial score (nSPS) is 13.2. The van der Waals surface area contributed by atoms with Crippen molar-refractivity contribution in [1.82, 2.24) is 15.1 Å². The van der Waals surface area contributed by atoms with Crippen molar-refractivity contribution in [2.45, 2.75) is 12.5 Å². The molecule has 2 aromatic carbocycles. The van der Waals surface area contributed by atoms with E-state index in [9.17, 15) is 14.3 Å². The first-order valence-corrected chi connectivity index (χ1v) is 7.83. The van der Waals surface area contributed by atoms with Gasteiger partial charge in [-0.25, -0.2) is 9.07 Å². The molecule has 0 bridgehead atoms. The van der Waals surface area contributed by atoms with E-state index in [4.69, 9.17) is 0 Å². The number of aliphatic hydroxyl groups is 1. The Bertz CT molecular complexity index is 858. The number of nitrogens with one attached hydrogen (secondary N) is 1. The summed E-state index contributed by atoms with van der Waals surface area (Å²) in [5.41, 5.74) is 0.299. The van der Waals surface area contributed by atoms with E-state index in [1.807, 2.05) is 30.3 Å². The number of hydrogen-bond acceptors (Lipinski definition) is 3. The SMILES string of the molecule is CC(O)(CNC(=O)c1ccn(-c2ccccc2)n1)c1ccc(F)cc1. The lowest BCUT2D eigenvalue weighted by Gasteiger charge is -2.24. The van der Waals surface area contributed by atoms with E-state index in [1.165, 1.54) is 24.3 Å². The molecule has 3 aromatic rings. The molecule has 3 rings (SSSR count). The summed E-state index contributed by atoms with van der Waals surface area (Å²) in [7, 11) is 0. The molecule has 0 aliphatic heterocycles. The zero-order valence-corrected chi connectivity index (χ0v) is 13.7. The zero-order chi connectivity index (χ0) is 17.9. The summed E-state index contributed by atoms with van der Waals surface area (Å²) in [6.07, 6.45) is 1.70. The van der Waals surface area contributed by atoms with E-state index in [1.54, 1.807) is 23.9 Å². The third kappa shape index (κ3) is 3.92. The molecule has 0 aliphatic carbocycles. The van der Waals surface area contributed by atoms with Crippen LogP contribution in [0.15, 0.2) is 66.9 Å². The Kier molecular flexibility index (Phi) is 4.63. The summed E-state index contributed by atoms with van der Waals surface area (Å²) in [6, 6.07) is 16.6. The van der Waals surface area contributed by atoms with Crippen molar-refractivity contribution >= 4 is 5.91 Å². The Morgan fingerprint density at radius 3 is 2.52 bits per heavy atom. The molecule has 0 saturated heterocycles. The van der Waals surface area contributed by atoms with Crippen LogP contribution in [0.2, 0.25) is 0 Å². The molecule has 1 aromatic heterocycles. The topological polar surface area (TPSA) is 67.2 Å². The lowest BCUT2D eigenvalue weighted by atomic mass is 9.96. The predicted molar refractivity (Wildman–Crippen MR) is 91.9 cm³/mol. The molecule has 2 N–H and O–H groups in total. The maximum Gasteiger partial charge on any atom is 0.271 e. The number of para-hydroxylation sites is 1. The summed E-state index contributed by atoms with van der Waals surface area (Å²) in [5, 5.41) is 17.4. The zero-order valence-electron chi connectivity index (χ0n) is 13.7. The maximum absolute atomic E-state index is 13.0. The number of amides is 1. The van der Waals surface area contributed by atoms with Crippen LogP contribution in [0.1, 0.15) is 23.0 Å². The number of aromatic nitrogens is 2. The van der Waals surface area contributed by atoms with Gasteiger partial charge in [0.2, 0.25) is 0 Å². The minimum Gasteiger partial charge on any atom is -0.384 e. The molecule has 0 radical (unpaired) electrons. The first kappa shape index (κ1) is 16.9. The largest absolute Gasteiger partial charge is 0.384 e. The molecule has 5 nitrogen and oxygen atoms in total. The molecule has 0 fully saturated rings. The van der Waals surface area contributed by atoms with E-state index >= 15 is 0 Å². The van der Waals surface area contributed by atoms with Crippen molar-refractivity contribution in [1.29, 1.82) is 0 Å². The highest BCUT2D eigenvalue weighted by Crippen LogP contribution is 2.20. The second-order valence-corrected chi connectivity index (χ2v) is 5.94. The molecule has 128 valence electrons. The molecule has 1 unspecified atom stereocenters. The van der Waals surface area contributed by atoms with Crippen LogP contribution in [0, 0.1) is 5.82 Å². The number of carbonyl (C=O) groups excluding carboxylic acids is 1.